The number of halogens is 1. The number of nitrogens with one attached hydrogen (secondary N) is 1. The highest BCUT2D eigenvalue weighted by Gasteiger charge is 2.29. The van der Waals surface area contributed by atoms with Gasteiger partial charge in [0.05, 0.1) is 10.9 Å². The molecule has 4 aromatic carbocycles. The van der Waals surface area contributed by atoms with E-state index in [2.05, 4.69) is 10.2 Å². The highest BCUT2D eigenvalue weighted by atomic mass is 19.1. The van der Waals surface area contributed by atoms with Gasteiger partial charge in [-0.15, -0.1) is 0 Å². The summed E-state index contributed by atoms with van der Waals surface area (Å²) < 4.78 is 23.8. The standard InChI is InChI=1S/C34H32FN5O5/c1-38(2)11-6-5-10-37-28-25(35)13-23-29-33(28)45-27-15-22-21(30(41)19-7-3-4-8-20(19)31(22)42)14-26(27)40(29)17-24(32(23)43)34(44)39-12-9-18(36)16-39/h3-4,7-8,13-15,17-18,37H,5-6,9-12,16,36H2,1-2H3. The van der Waals surface area contributed by atoms with Crippen molar-refractivity contribution in [3.8, 4) is 0 Å². The Morgan fingerprint density at radius 3 is 2.38 bits per heavy atom. The second-order valence-corrected chi connectivity index (χ2v) is 12.1. The fourth-order valence-electron chi connectivity index (χ4n) is 6.43. The van der Waals surface area contributed by atoms with Crippen molar-refractivity contribution in [3.63, 3.8) is 0 Å². The monoisotopic (exact) mass is 609 g/mol. The van der Waals surface area contributed by atoms with Gasteiger partial charge in [-0.1, -0.05) is 24.3 Å². The van der Waals surface area contributed by atoms with Crippen LogP contribution in [0.3, 0.4) is 0 Å². The van der Waals surface area contributed by atoms with Gasteiger partial charge in [-0.25, -0.2) is 4.39 Å². The Balaban J connectivity index is 1.53. The number of carbonyl (C=O) groups is 1. The van der Waals surface area contributed by atoms with Crippen LogP contribution in [0.4, 0.5) is 10.1 Å². The Bertz CT molecular complexity index is 2350. The summed E-state index contributed by atoms with van der Waals surface area (Å²) in [4.78, 5) is 58.1. The molecule has 7 rings (SSSR count). The van der Waals surface area contributed by atoms with Gasteiger partial charge in [-0.2, -0.15) is 0 Å². The number of anilines is 1. The van der Waals surface area contributed by atoms with Gasteiger partial charge in [-0.05, 0) is 58.1 Å². The average molecular weight is 610 g/mol. The number of likely N-dealkylation sites (tertiary alicyclic amines) is 1. The quantitative estimate of drug-likeness (QED) is 0.159. The maximum absolute atomic E-state index is 15.8. The van der Waals surface area contributed by atoms with Crippen LogP contribution in [-0.4, -0.2) is 66.4 Å². The van der Waals surface area contributed by atoms with Crippen molar-refractivity contribution >= 4 is 60.7 Å². The van der Waals surface area contributed by atoms with Gasteiger partial charge < -0.3 is 29.7 Å². The van der Waals surface area contributed by atoms with Crippen LogP contribution in [0.5, 0.6) is 0 Å². The van der Waals surface area contributed by atoms with Gasteiger partial charge >= 0.3 is 0 Å². The van der Waals surface area contributed by atoms with Crippen molar-refractivity contribution in [2.24, 2.45) is 5.73 Å². The molecule has 45 heavy (non-hydrogen) atoms. The van der Waals surface area contributed by atoms with Crippen LogP contribution >= 0.6 is 0 Å². The van der Waals surface area contributed by atoms with Gasteiger partial charge in [0.25, 0.3) is 5.91 Å². The number of aromatic nitrogens is 1. The fraction of sp³-hybridized carbons (Fsp3) is 0.294. The predicted octanol–water partition coefficient (Wildman–Crippen LogP) is 3.73. The number of nitrogens with zero attached hydrogens (tertiary/aromatic N) is 3. The van der Waals surface area contributed by atoms with Crippen LogP contribution in [-0.2, 0) is 0 Å². The zero-order chi connectivity index (χ0) is 31.6. The number of carbonyl (C=O) groups excluding carboxylic acids is 1. The van der Waals surface area contributed by atoms with Gasteiger partial charge in [0.15, 0.2) is 27.8 Å². The summed E-state index contributed by atoms with van der Waals surface area (Å²) >= 11 is 0. The minimum Gasteiger partial charge on any atom is -0.451 e. The third kappa shape index (κ3) is 4.70. The third-order valence-corrected chi connectivity index (χ3v) is 8.75. The first-order valence-electron chi connectivity index (χ1n) is 15.0. The van der Waals surface area contributed by atoms with Crippen molar-refractivity contribution in [3.05, 3.63) is 90.7 Å². The van der Waals surface area contributed by atoms with E-state index >= 15 is 4.39 Å². The summed E-state index contributed by atoms with van der Waals surface area (Å²) in [7, 11) is 3.97. The van der Waals surface area contributed by atoms with E-state index in [-0.39, 0.29) is 61.0 Å². The maximum atomic E-state index is 15.8. The molecule has 1 aliphatic rings. The van der Waals surface area contributed by atoms with E-state index in [4.69, 9.17) is 10.2 Å². The Kier molecular flexibility index (Phi) is 7.02. The number of amides is 1. The summed E-state index contributed by atoms with van der Waals surface area (Å²) in [6, 6.07) is 10.6. The molecule has 6 aromatic rings. The van der Waals surface area contributed by atoms with Crippen LogP contribution in [0, 0.1) is 5.82 Å². The van der Waals surface area contributed by atoms with E-state index in [1.54, 1.807) is 34.7 Å². The van der Waals surface area contributed by atoms with Crippen LogP contribution in [0.1, 0.15) is 29.6 Å². The lowest BCUT2D eigenvalue weighted by Gasteiger charge is -2.19. The predicted molar refractivity (Wildman–Crippen MR) is 174 cm³/mol. The summed E-state index contributed by atoms with van der Waals surface area (Å²) in [6.07, 6.45) is 3.67. The number of benzene rings is 4. The molecular formula is C34H32FN5O5. The third-order valence-electron chi connectivity index (χ3n) is 8.75. The smallest absolute Gasteiger partial charge is 0.259 e. The minimum absolute atomic E-state index is 0.0360. The molecule has 0 bridgehead atoms. The summed E-state index contributed by atoms with van der Waals surface area (Å²) in [6.45, 7) is 2.02. The zero-order valence-electron chi connectivity index (χ0n) is 25.0. The molecule has 1 saturated heterocycles. The lowest BCUT2D eigenvalue weighted by Crippen LogP contribution is -2.35. The molecule has 3 heterocycles. The summed E-state index contributed by atoms with van der Waals surface area (Å²) in [5.41, 5.74) is 5.54. The Hall–Kier alpha value is -4.87. The molecule has 0 aliphatic carbocycles. The van der Waals surface area contributed by atoms with E-state index in [1.807, 2.05) is 14.1 Å². The lowest BCUT2D eigenvalue weighted by atomic mass is 10.0. The first kappa shape index (κ1) is 28.9. The number of hydrogen-bond donors (Lipinski definition) is 2. The van der Waals surface area contributed by atoms with Crippen LogP contribution < -0.4 is 27.3 Å². The van der Waals surface area contributed by atoms with E-state index in [9.17, 15) is 19.2 Å². The van der Waals surface area contributed by atoms with E-state index in [0.717, 1.165) is 25.5 Å². The molecule has 0 saturated carbocycles. The molecule has 1 fully saturated rings. The average Bonchev–Trinajstić information content (AvgIpc) is 3.47. The van der Waals surface area contributed by atoms with E-state index in [1.165, 1.54) is 17.2 Å². The number of hydrogen-bond acceptors (Lipinski definition) is 8. The minimum atomic E-state index is -0.705. The first-order valence-corrected chi connectivity index (χ1v) is 15.0. The topological polar surface area (TPSA) is 130 Å². The molecule has 0 spiro atoms. The number of unbranched alkanes of at least 4 members (excludes halogenated alkanes) is 1. The SMILES string of the molecule is CN(C)CCCCNc1c(F)cc2c(=O)c(C(=O)N3CCC(N)C3)cn3c4cc5c(=O)c6ccccc6c(=O)c5cc4oc1c23. The zero-order valence-corrected chi connectivity index (χ0v) is 25.0. The molecule has 3 N–H and O–H groups in total. The molecular weight excluding hydrogens is 577 g/mol. The van der Waals surface area contributed by atoms with Gasteiger partial charge in [-0.3, -0.25) is 19.2 Å². The van der Waals surface area contributed by atoms with Crippen LogP contribution in [0.2, 0.25) is 0 Å². The second kappa shape index (κ2) is 10.9. The molecule has 1 unspecified atom stereocenters. The normalized spacial score (nSPS) is 15.5. The Morgan fingerprint density at radius 2 is 1.71 bits per heavy atom. The number of pyridine rings is 1. The molecule has 1 amide bonds. The molecule has 0 radical (unpaired) electrons. The maximum Gasteiger partial charge on any atom is 0.259 e. The van der Waals surface area contributed by atoms with Crippen molar-refractivity contribution in [1.82, 2.24) is 14.2 Å². The molecule has 230 valence electrons. The van der Waals surface area contributed by atoms with Crippen LogP contribution in [0.15, 0.2) is 67.5 Å². The van der Waals surface area contributed by atoms with Gasteiger partial charge in [0, 0.05) is 53.4 Å². The van der Waals surface area contributed by atoms with Crippen molar-refractivity contribution < 1.29 is 13.6 Å². The summed E-state index contributed by atoms with van der Waals surface area (Å²) in [5.74, 6) is -1.21. The number of fused-ring (bicyclic) bond motifs is 4. The van der Waals surface area contributed by atoms with Gasteiger partial charge in [0.1, 0.15) is 16.8 Å². The second-order valence-electron chi connectivity index (χ2n) is 12.1. The molecule has 1 aliphatic heterocycles. The van der Waals surface area contributed by atoms with E-state index < -0.39 is 17.2 Å². The first-order chi connectivity index (χ1) is 21.6. The number of rotatable bonds is 7. The Morgan fingerprint density at radius 1 is 1.00 bits per heavy atom. The van der Waals surface area contributed by atoms with Crippen LogP contribution in [0.25, 0.3) is 49.1 Å². The number of nitrogens with two attached hydrogens (primary N) is 1. The van der Waals surface area contributed by atoms with Crippen molar-refractivity contribution in [2.75, 3.05) is 45.6 Å². The fourth-order valence-corrected chi connectivity index (χ4v) is 6.43. The van der Waals surface area contributed by atoms with E-state index in [0.29, 0.717) is 42.3 Å². The Labute approximate surface area is 255 Å². The van der Waals surface area contributed by atoms with Gasteiger partial charge in [0.2, 0.25) is 5.43 Å². The van der Waals surface area contributed by atoms with Crippen molar-refractivity contribution in [2.45, 2.75) is 25.3 Å². The molecule has 1 atom stereocenters. The highest BCUT2D eigenvalue weighted by molar-refractivity contribution is 6.08. The molecule has 11 heteroatoms. The molecule has 2 aromatic heterocycles. The highest BCUT2D eigenvalue weighted by Crippen LogP contribution is 2.35. The van der Waals surface area contributed by atoms with Crippen molar-refractivity contribution in [1.29, 1.82) is 0 Å². The summed E-state index contributed by atoms with van der Waals surface area (Å²) in [5, 5.41) is 4.03. The lowest BCUT2D eigenvalue weighted by molar-refractivity contribution is 0.0789. The largest absolute Gasteiger partial charge is 0.451 e. The molecule has 10 nitrogen and oxygen atoms in total.